The number of nitrogens with one attached hydrogen (secondary N) is 2. The van der Waals surface area contributed by atoms with Gasteiger partial charge < -0.3 is 19.9 Å². The molecule has 0 spiro atoms. The fraction of sp³-hybridized carbons (Fsp3) is 0.304. The van der Waals surface area contributed by atoms with Crippen LogP contribution in [0.25, 0.3) is 10.9 Å². The minimum atomic E-state index is -0.773. The standard InChI is InChI=1S/C23H25N3O3/c1-3-29-22(27)21(15(2)19-12-24-20-11-7-6-10-18(19)20)25-23(28)26-13-16-8-4-5-9-17(16)14-26/h4-12,15,21,24H,3,13-14H2,1-2H3,(H,25,28)/t15-,21+/m0/s1. The highest BCUT2D eigenvalue weighted by atomic mass is 16.5. The molecule has 2 amide bonds. The van der Waals surface area contributed by atoms with Gasteiger partial charge in [0.25, 0.3) is 0 Å². The average molecular weight is 391 g/mol. The molecule has 0 saturated carbocycles. The average Bonchev–Trinajstić information content (AvgIpc) is 3.35. The summed E-state index contributed by atoms with van der Waals surface area (Å²) in [5.41, 5.74) is 4.25. The molecule has 0 fully saturated rings. The van der Waals surface area contributed by atoms with Crippen molar-refractivity contribution in [2.45, 2.75) is 38.9 Å². The minimum Gasteiger partial charge on any atom is -0.464 e. The minimum absolute atomic E-state index is 0.251. The molecule has 2 N–H and O–H groups in total. The number of ether oxygens (including phenoxy) is 1. The van der Waals surface area contributed by atoms with Gasteiger partial charge in [-0.3, -0.25) is 0 Å². The van der Waals surface area contributed by atoms with E-state index in [0.29, 0.717) is 13.1 Å². The number of aromatic amines is 1. The first-order valence-corrected chi connectivity index (χ1v) is 9.93. The van der Waals surface area contributed by atoms with E-state index in [1.807, 2.05) is 61.7 Å². The maximum Gasteiger partial charge on any atom is 0.329 e. The third-order valence-corrected chi connectivity index (χ3v) is 5.56. The molecule has 0 unspecified atom stereocenters. The van der Waals surface area contributed by atoms with E-state index in [1.54, 1.807) is 11.8 Å². The van der Waals surface area contributed by atoms with Crippen LogP contribution < -0.4 is 5.32 Å². The highest BCUT2D eigenvalue weighted by molar-refractivity contribution is 5.88. The third-order valence-electron chi connectivity index (χ3n) is 5.56. The molecule has 6 heteroatoms. The maximum absolute atomic E-state index is 13.0. The van der Waals surface area contributed by atoms with Crippen LogP contribution >= 0.6 is 0 Å². The van der Waals surface area contributed by atoms with Crippen LogP contribution in [-0.2, 0) is 22.6 Å². The SMILES string of the molecule is CCOC(=O)[C@H](NC(=O)N1Cc2ccccc2C1)[C@@H](C)c1c[nH]c2ccccc12. The van der Waals surface area contributed by atoms with Crippen molar-refractivity contribution in [3.63, 3.8) is 0 Å². The number of nitrogens with zero attached hydrogens (tertiary/aromatic N) is 1. The monoisotopic (exact) mass is 391 g/mol. The molecule has 1 aliphatic heterocycles. The molecule has 2 heterocycles. The number of carbonyl (C=O) groups excluding carboxylic acids is 2. The number of urea groups is 1. The lowest BCUT2D eigenvalue weighted by atomic mass is 9.93. The highest BCUT2D eigenvalue weighted by Gasteiger charge is 2.33. The summed E-state index contributed by atoms with van der Waals surface area (Å²) in [6.45, 7) is 5.06. The third kappa shape index (κ3) is 3.70. The van der Waals surface area contributed by atoms with E-state index in [-0.39, 0.29) is 18.6 Å². The van der Waals surface area contributed by atoms with E-state index >= 15 is 0 Å². The molecule has 2 aromatic carbocycles. The summed E-state index contributed by atoms with van der Waals surface area (Å²) in [5, 5.41) is 3.97. The van der Waals surface area contributed by atoms with Crippen LogP contribution in [0.4, 0.5) is 4.79 Å². The van der Waals surface area contributed by atoms with E-state index in [4.69, 9.17) is 4.74 Å². The number of benzene rings is 2. The Labute approximate surface area is 169 Å². The van der Waals surface area contributed by atoms with Gasteiger partial charge in [-0.1, -0.05) is 49.4 Å². The predicted molar refractivity (Wildman–Crippen MR) is 111 cm³/mol. The summed E-state index contributed by atoms with van der Waals surface area (Å²) in [5.74, 6) is -0.672. The molecule has 29 heavy (non-hydrogen) atoms. The van der Waals surface area contributed by atoms with Gasteiger partial charge in [0.2, 0.25) is 0 Å². The van der Waals surface area contributed by atoms with Crippen molar-refractivity contribution in [1.29, 1.82) is 0 Å². The van der Waals surface area contributed by atoms with Gasteiger partial charge in [-0.2, -0.15) is 0 Å². The van der Waals surface area contributed by atoms with Crippen LogP contribution in [-0.4, -0.2) is 34.5 Å². The Kier molecular flexibility index (Phi) is 5.25. The number of aromatic nitrogens is 1. The fourth-order valence-electron chi connectivity index (χ4n) is 3.97. The van der Waals surface area contributed by atoms with Crippen molar-refractivity contribution in [2.75, 3.05) is 6.61 Å². The number of rotatable bonds is 5. The summed E-state index contributed by atoms with van der Waals surface area (Å²) in [4.78, 5) is 30.6. The van der Waals surface area contributed by atoms with Gasteiger partial charge in [-0.05, 0) is 29.7 Å². The van der Waals surface area contributed by atoms with Gasteiger partial charge >= 0.3 is 12.0 Å². The van der Waals surface area contributed by atoms with Crippen LogP contribution in [0, 0.1) is 0 Å². The van der Waals surface area contributed by atoms with E-state index in [0.717, 1.165) is 27.6 Å². The number of hydrogen-bond acceptors (Lipinski definition) is 3. The zero-order chi connectivity index (χ0) is 20.4. The molecule has 1 aliphatic rings. The summed E-state index contributed by atoms with van der Waals surface area (Å²) in [6, 6.07) is 14.9. The lowest BCUT2D eigenvalue weighted by molar-refractivity contribution is -0.145. The maximum atomic E-state index is 13.0. The predicted octanol–water partition coefficient (Wildman–Crippen LogP) is 3.93. The van der Waals surface area contributed by atoms with Gasteiger partial charge in [-0.15, -0.1) is 0 Å². The van der Waals surface area contributed by atoms with Crippen LogP contribution in [0.2, 0.25) is 0 Å². The molecule has 0 radical (unpaired) electrons. The second-order valence-electron chi connectivity index (χ2n) is 7.38. The number of para-hydroxylation sites is 1. The highest BCUT2D eigenvalue weighted by Crippen LogP contribution is 2.29. The van der Waals surface area contributed by atoms with Crippen molar-refractivity contribution < 1.29 is 14.3 Å². The van der Waals surface area contributed by atoms with Crippen LogP contribution in [0.15, 0.2) is 54.7 Å². The molecular formula is C23H25N3O3. The quantitative estimate of drug-likeness (QED) is 0.647. The zero-order valence-electron chi connectivity index (χ0n) is 16.6. The molecule has 2 atom stereocenters. The van der Waals surface area contributed by atoms with Gasteiger partial charge in [-0.25, -0.2) is 9.59 Å². The topological polar surface area (TPSA) is 74.4 Å². The molecule has 4 rings (SSSR count). The first kappa shape index (κ1) is 19.1. The van der Waals surface area contributed by atoms with Crippen LogP contribution in [0.5, 0.6) is 0 Å². The summed E-state index contributed by atoms with van der Waals surface area (Å²) >= 11 is 0. The molecule has 0 bridgehead atoms. The molecular weight excluding hydrogens is 366 g/mol. The zero-order valence-corrected chi connectivity index (χ0v) is 16.6. The number of amides is 2. The second kappa shape index (κ2) is 7.99. The first-order chi connectivity index (χ1) is 14.1. The Hall–Kier alpha value is -3.28. The lowest BCUT2D eigenvalue weighted by Crippen LogP contribution is -2.49. The summed E-state index contributed by atoms with van der Waals surface area (Å²) in [6.07, 6.45) is 1.90. The van der Waals surface area contributed by atoms with Gasteiger partial charge in [0.05, 0.1) is 6.61 Å². The Morgan fingerprint density at radius 2 is 1.76 bits per heavy atom. The molecule has 150 valence electrons. The normalized spacial score (nSPS) is 15.0. The van der Waals surface area contributed by atoms with Crippen molar-refractivity contribution in [3.8, 4) is 0 Å². The van der Waals surface area contributed by atoms with Gasteiger partial charge in [0, 0.05) is 36.1 Å². The Morgan fingerprint density at radius 1 is 1.10 bits per heavy atom. The Bertz CT molecular complexity index is 1020. The largest absolute Gasteiger partial charge is 0.464 e. The van der Waals surface area contributed by atoms with E-state index < -0.39 is 12.0 Å². The molecule has 3 aromatic rings. The van der Waals surface area contributed by atoms with Crippen LogP contribution in [0.1, 0.15) is 36.5 Å². The van der Waals surface area contributed by atoms with Crippen molar-refractivity contribution in [3.05, 3.63) is 71.4 Å². The van der Waals surface area contributed by atoms with E-state index in [2.05, 4.69) is 10.3 Å². The van der Waals surface area contributed by atoms with Crippen molar-refractivity contribution >= 4 is 22.9 Å². The van der Waals surface area contributed by atoms with E-state index in [9.17, 15) is 9.59 Å². The molecule has 1 aromatic heterocycles. The number of hydrogen-bond donors (Lipinski definition) is 2. The number of carbonyl (C=O) groups is 2. The Morgan fingerprint density at radius 3 is 2.45 bits per heavy atom. The van der Waals surface area contributed by atoms with Gasteiger partial charge in [0.1, 0.15) is 6.04 Å². The number of fused-ring (bicyclic) bond motifs is 2. The first-order valence-electron chi connectivity index (χ1n) is 9.93. The smallest absolute Gasteiger partial charge is 0.329 e. The number of esters is 1. The van der Waals surface area contributed by atoms with Crippen molar-refractivity contribution in [1.82, 2.24) is 15.2 Å². The van der Waals surface area contributed by atoms with E-state index in [1.165, 1.54) is 0 Å². The van der Waals surface area contributed by atoms with Crippen LogP contribution in [0.3, 0.4) is 0 Å². The summed E-state index contributed by atoms with van der Waals surface area (Å²) in [7, 11) is 0. The molecule has 0 aliphatic carbocycles. The van der Waals surface area contributed by atoms with Gasteiger partial charge in [0.15, 0.2) is 0 Å². The number of H-pyrrole nitrogens is 1. The summed E-state index contributed by atoms with van der Waals surface area (Å²) < 4.78 is 5.28. The fourth-order valence-corrected chi connectivity index (χ4v) is 3.97. The Balaban J connectivity index is 1.56. The second-order valence-corrected chi connectivity index (χ2v) is 7.38. The lowest BCUT2D eigenvalue weighted by Gasteiger charge is -2.26. The molecule has 0 saturated heterocycles. The molecule has 6 nitrogen and oxygen atoms in total. The van der Waals surface area contributed by atoms with Crippen molar-refractivity contribution in [2.24, 2.45) is 0 Å².